The molecule has 0 bridgehead atoms. The lowest BCUT2D eigenvalue weighted by atomic mass is 10.1. The Kier molecular flexibility index (Phi) is 7.05. The van der Waals surface area contributed by atoms with Crippen LogP contribution in [0.25, 0.3) is 5.69 Å². The summed E-state index contributed by atoms with van der Waals surface area (Å²) in [6, 6.07) is 6.11. The fraction of sp³-hybridized carbons (Fsp3) is 0.579. The second-order valence-electron chi connectivity index (χ2n) is 6.63. The van der Waals surface area contributed by atoms with Crippen LogP contribution in [-0.2, 0) is 19.3 Å². The SMILES string of the molecule is CCc1cccc(C)c1-n1nc(CCCN(C)C)nc1CCC(F)F. The molecule has 0 atom stereocenters. The van der Waals surface area contributed by atoms with Crippen LogP contribution < -0.4 is 0 Å². The molecule has 25 heavy (non-hydrogen) atoms. The number of nitrogens with zero attached hydrogens (tertiary/aromatic N) is 4. The van der Waals surface area contributed by atoms with Gasteiger partial charge in [0.2, 0.25) is 6.43 Å². The highest BCUT2D eigenvalue weighted by atomic mass is 19.3. The molecule has 6 heteroatoms. The molecule has 1 aromatic carbocycles. The molecule has 1 heterocycles. The van der Waals surface area contributed by atoms with Crippen molar-refractivity contribution in [1.29, 1.82) is 0 Å². The van der Waals surface area contributed by atoms with Crippen molar-refractivity contribution in [2.75, 3.05) is 20.6 Å². The second kappa shape index (κ2) is 9.04. The monoisotopic (exact) mass is 350 g/mol. The second-order valence-corrected chi connectivity index (χ2v) is 6.63. The number of halogens is 2. The van der Waals surface area contributed by atoms with E-state index >= 15 is 0 Å². The predicted octanol–water partition coefficient (Wildman–Crippen LogP) is 3.83. The van der Waals surface area contributed by atoms with Crippen molar-refractivity contribution in [3.8, 4) is 5.69 Å². The summed E-state index contributed by atoms with van der Waals surface area (Å²) in [7, 11) is 4.06. The Morgan fingerprint density at radius 3 is 2.60 bits per heavy atom. The quantitative estimate of drug-likeness (QED) is 0.689. The average molecular weight is 350 g/mol. The minimum Gasteiger partial charge on any atom is -0.309 e. The lowest BCUT2D eigenvalue weighted by Crippen LogP contribution is -2.13. The van der Waals surface area contributed by atoms with Gasteiger partial charge < -0.3 is 4.90 Å². The van der Waals surface area contributed by atoms with Gasteiger partial charge in [-0.05, 0) is 51.5 Å². The molecular formula is C19H28F2N4. The first kappa shape index (κ1) is 19.5. The summed E-state index contributed by atoms with van der Waals surface area (Å²) in [5.74, 6) is 1.36. The van der Waals surface area contributed by atoms with Gasteiger partial charge >= 0.3 is 0 Å². The highest BCUT2D eigenvalue weighted by Crippen LogP contribution is 2.22. The van der Waals surface area contributed by atoms with Gasteiger partial charge in [-0.25, -0.2) is 18.4 Å². The highest BCUT2D eigenvalue weighted by molar-refractivity contribution is 5.47. The molecule has 0 N–H and O–H groups in total. The number of hydrogen-bond acceptors (Lipinski definition) is 3. The van der Waals surface area contributed by atoms with Crippen LogP contribution in [0.15, 0.2) is 18.2 Å². The number of alkyl halides is 2. The van der Waals surface area contributed by atoms with E-state index in [1.165, 1.54) is 0 Å². The summed E-state index contributed by atoms with van der Waals surface area (Å²) >= 11 is 0. The van der Waals surface area contributed by atoms with Crippen molar-refractivity contribution in [2.45, 2.75) is 52.4 Å². The van der Waals surface area contributed by atoms with Crippen molar-refractivity contribution < 1.29 is 8.78 Å². The lowest BCUT2D eigenvalue weighted by Gasteiger charge is -2.13. The third-order valence-electron chi connectivity index (χ3n) is 4.22. The van der Waals surface area contributed by atoms with Crippen LogP contribution in [0.3, 0.4) is 0 Å². The zero-order valence-electron chi connectivity index (χ0n) is 15.6. The molecule has 0 spiro atoms. The van der Waals surface area contributed by atoms with Crippen LogP contribution in [0.1, 0.15) is 42.5 Å². The minimum atomic E-state index is -2.33. The molecule has 0 saturated carbocycles. The molecule has 2 aromatic rings. The normalized spacial score (nSPS) is 11.7. The Labute approximate surface area is 148 Å². The maximum Gasteiger partial charge on any atom is 0.239 e. The van der Waals surface area contributed by atoms with E-state index < -0.39 is 6.43 Å². The van der Waals surface area contributed by atoms with Gasteiger partial charge in [-0.1, -0.05) is 25.1 Å². The summed E-state index contributed by atoms with van der Waals surface area (Å²) in [5, 5.41) is 4.67. The van der Waals surface area contributed by atoms with Crippen LogP contribution in [-0.4, -0.2) is 46.7 Å². The van der Waals surface area contributed by atoms with Gasteiger partial charge in [-0.3, -0.25) is 0 Å². The predicted molar refractivity (Wildman–Crippen MR) is 96.7 cm³/mol. The summed E-state index contributed by atoms with van der Waals surface area (Å²) in [6.07, 6.45) is 0.268. The van der Waals surface area contributed by atoms with Crippen LogP contribution in [0.4, 0.5) is 8.78 Å². The molecular weight excluding hydrogens is 322 g/mol. The van der Waals surface area contributed by atoms with Gasteiger partial charge in [0.15, 0.2) is 5.82 Å². The third-order valence-corrected chi connectivity index (χ3v) is 4.22. The molecule has 4 nitrogen and oxygen atoms in total. The molecule has 0 aliphatic carbocycles. The van der Waals surface area contributed by atoms with Gasteiger partial charge in [0.05, 0.1) is 5.69 Å². The van der Waals surface area contributed by atoms with E-state index in [-0.39, 0.29) is 12.8 Å². The molecule has 0 radical (unpaired) electrons. The summed E-state index contributed by atoms with van der Waals surface area (Å²) < 4.78 is 27.2. The Bertz CT molecular complexity index is 680. The molecule has 0 amide bonds. The number of benzene rings is 1. The average Bonchev–Trinajstić information content (AvgIpc) is 2.94. The number of rotatable bonds is 9. The fourth-order valence-corrected chi connectivity index (χ4v) is 2.94. The van der Waals surface area contributed by atoms with Gasteiger partial charge in [-0.2, -0.15) is 5.10 Å². The van der Waals surface area contributed by atoms with Gasteiger partial charge in [0.25, 0.3) is 0 Å². The lowest BCUT2D eigenvalue weighted by molar-refractivity contribution is 0.137. The minimum absolute atomic E-state index is 0.191. The Balaban J connectivity index is 2.35. The molecule has 0 aliphatic heterocycles. The maximum atomic E-state index is 12.7. The summed E-state index contributed by atoms with van der Waals surface area (Å²) in [6.45, 7) is 5.07. The van der Waals surface area contributed by atoms with Crippen LogP contribution >= 0.6 is 0 Å². The molecule has 0 saturated heterocycles. The van der Waals surface area contributed by atoms with Crippen LogP contribution in [0.5, 0.6) is 0 Å². The summed E-state index contributed by atoms with van der Waals surface area (Å²) in [4.78, 5) is 6.69. The van der Waals surface area contributed by atoms with Crippen LogP contribution in [0, 0.1) is 6.92 Å². The number of aromatic nitrogens is 3. The van der Waals surface area contributed by atoms with E-state index in [0.29, 0.717) is 5.82 Å². The van der Waals surface area contributed by atoms with E-state index in [2.05, 4.69) is 28.0 Å². The first-order valence-electron chi connectivity index (χ1n) is 8.89. The standard InChI is InChI=1S/C19H28F2N4/c1-5-15-9-6-8-14(2)19(15)25-18(12-11-16(20)21)22-17(23-25)10-7-13-24(3)4/h6,8-9,16H,5,7,10-13H2,1-4H3. The van der Waals surface area contributed by atoms with Crippen molar-refractivity contribution in [2.24, 2.45) is 0 Å². The molecule has 1 aromatic heterocycles. The number of hydrogen-bond donors (Lipinski definition) is 0. The zero-order valence-corrected chi connectivity index (χ0v) is 15.6. The zero-order chi connectivity index (χ0) is 18.4. The van der Waals surface area contributed by atoms with Gasteiger partial charge in [0.1, 0.15) is 5.82 Å². The first-order chi connectivity index (χ1) is 11.9. The molecule has 0 aliphatic rings. The van der Waals surface area contributed by atoms with E-state index in [0.717, 1.165) is 48.4 Å². The Morgan fingerprint density at radius 1 is 1.20 bits per heavy atom. The Hall–Kier alpha value is -1.82. The topological polar surface area (TPSA) is 34.0 Å². The molecule has 0 unspecified atom stereocenters. The smallest absolute Gasteiger partial charge is 0.239 e. The maximum absolute atomic E-state index is 12.7. The van der Waals surface area contributed by atoms with Crippen molar-refractivity contribution in [3.05, 3.63) is 41.0 Å². The summed E-state index contributed by atoms with van der Waals surface area (Å²) in [5.41, 5.74) is 3.23. The molecule has 2 rings (SSSR count). The van der Waals surface area contributed by atoms with E-state index in [1.54, 1.807) is 4.68 Å². The van der Waals surface area contributed by atoms with Gasteiger partial charge in [-0.15, -0.1) is 0 Å². The number of aryl methyl sites for hydroxylation is 4. The largest absolute Gasteiger partial charge is 0.309 e. The molecule has 0 fully saturated rings. The first-order valence-corrected chi connectivity index (χ1v) is 8.89. The van der Waals surface area contributed by atoms with Crippen molar-refractivity contribution in [3.63, 3.8) is 0 Å². The fourth-order valence-electron chi connectivity index (χ4n) is 2.94. The van der Waals surface area contributed by atoms with E-state index in [1.807, 2.05) is 33.2 Å². The third kappa shape index (κ3) is 5.33. The van der Waals surface area contributed by atoms with E-state index in [9.17, 15) is 8.78 Å². The van der Waals surface area contributed by atoms with Crippen molar-refractivity contribution in [1.82, 2.24) is 19.7 Å². The highest BCUT2D eigenvalue weighted by Gasteiger charge is 2.17. The van der Waals surface area contributed by atoms with Gasteiger partial charge in [0, 0.05) is 19.3 Å². The molecule has 138 valence electrons. The van der Waals surface area contributed by atoms with Crippen molar-refractivity contribution >= 4 is 0 Å². The van der Waals surface area contributed by atoms with Crippen LogP contribution in [0.2, 0.25) is 0 Å². The van der Waals surface area contributed by atoms with E-state index in [4.69, 9.17) is 0 Å². The number of para-hydroxylation sites is 1. The Morgan fingerprint density at radius 2 is 1.96 bits per heavy atom.